The fraction of sp³-hybridized carbons (Fsp3) is 0.263. The molecule has 2 aromatic rings. The molecule has 0 amide bonds. The minimum absolute atomic E-state index is 0.107. The fourth-order valence-corrected chi connectivity index (χ4v) is 3.62. The second kappa shape index (κ2) is 5.71. The topological polar surface area (TPSA) is 103 Å². The van der Waals surface area contributed by atoms with Gasteiger partial charge >= 0.3 is 0 Å². The molecule has 27 heavy (non-hydrogen) atoms. The molecule has 0 spiro atoms. The maximum atomic E-state index is 9.72. The first-order valence-corrected chi connectivity index (χ1v) is 8.26. The van der Waals surface area contributed by atoms with Crippen LogP contribution in [0.25, 0.3) is 0 Å². The summed E-state index contributed by atoms with van der Waals surface area (Å²) in [6.07, 6.45) is 0. The van der Waals surface area contributed by atoms with Gasteiger partial charge in [0.2, 0.25) is 25.2 Å². The van der Waals surface area contributed by atoms with Gasteiger partial charge in [-0.2, -0.15) is 5.26 Å². The number of fused-ring (bicyclic) bond motifs is 3. The van der Waals surface area contributed by atoms with Gasteiger partial charge in [0.25, 0.3) is 0 Å². The Balaban J connectivity index is 1.71. The zero-order valence-electron chi connectivity index (χ0n) is 14.3. The van der Waals surface area contributed by atoms with Crippen LogP contribution in [-0.4, -0.2) is 26.6 Å². The van der Waals surface area contributed by atoms with Crippen molar-refractivity contribution in [1.29, 1.82) is 10.7 Å². The Kier molecular flexibility index (Phi) is 3.31. The van der Waals surface area contributed by atoms with Crippen LogP contribution in [0.3, 0.4) is 0 Å². The van der Waals surface area contributed by atoms with Crippen molar-refractivity contribution in [3.8, 4) is 40.6 Å². The second-order valence-electron chi connectivity index (χ2n) is 6.25. The molecule has 5 rings (SSSR count). The number of ether oxygens (including phenoxy) is 6. The van der Waals surface area contributed by atoms with Crippen LogP contribution in [0.2, 0.25) is 0 Å². The van der Waals surface area contributed by atoms with Crippen molar-refractivity contribution in [3.63, 3.8) is 0 Å². The summed E-state index contributed by atoms with van der Waals surface area (Å²) in [4.78, 5) is 0. The molecule has 2 unspecified atom stereocenters. The predicted molar refractivity (Wildman–Crippen MR) is 91.0 cm³/mol. The van der Waals surface area contributed by atoms with Crippen molar-refractivity contribution < 1.29 is 28.4 Å². The third kappa shape index (κ3) is 2.25. The SMILES string of the molecule is COc1cc(C2c3cc4c(cc3OC(=N)C2C#N)OCO4)cc2c1OCO2. The summed E-state index contributed by atoms with van der Waals surface area (Å²) in [6.45, 7) is 0.232. The number of nitriles is 1. The van der Waals surface area contributed by atoms with Crippen LogP contribution < -0.4 is 28.4 Å². The lowest BCUT2D eigenvalue weighted by Crippen LogP contribution is -2.30. The van der Waals surface area contributed by atoms with E-state index in [-0.39, 0.29) is 19.5 Å². The number of nitrogens with one attached hydrogen (secondary N) is 1. The normalized spacial score (nSPS) is 21.3. The molecule has 3 aliphatic heterocycles. The number of hydrogen-bond acceptors (Lipinski definition) is 8. The Morgan fingerprint density at radius 1 is 1.00 bits per heavy atom. The summed E-state index contributed by atoms with van der Waals surface area (Å²) in [7, 11) is 1.54. The lowest BCUT2D eigenvalue weighted by atomic mass is 9.79. The van der Waals surface area contributed by atoms with Crippen molar-refractivity contribution in [2.24, 2.45) is 5.92 Å². The molecular weight excluding hydrogens is 352 g/mol. The van der Waals surface area contributed by atoms with Crippen LogP contribution in [0.4, 0.5) is 0 Å². The van der Waals surface area contributed by atoms with E-state index in [1.54, 1.807) is 25.3 Å². The van der Waals surface area contributed by atoms with Crippen molar-refractivity contribution in [2.45, 2.75) is 5.92 Å². The predicted octanol–water partition coefficient (Wildman–Crippen LogP) is 2.79. The largest absolute Gasteiger partial charge is 0.493 e. The molecule has 2 aromatic carbocycles. The standard InChI is InChI=1S/C19H14N2O6/c1-22-15-2-9(3-16-18(15)26-8-25-16)17-10-4-13-14(24-7-23-13)5-12(10)27-19(21)11(17)6-20/h2-5,11,17,21H,7-8H2,1H3. The molecule has 3 heterocycles. The summed E-state index contributed by atoms with van der Waals surface area (Å²) >= 11 is 0. The van der Waals surface area contributed by atoms with E-state index < -0.39 is 11.8 Å². The molecule has 0 aromatic heterocycles. The molecule has 2 atom stereocenters. The monoisotopic (exact) mass is 366 g/mol. The Morgan fingerprint density at radius 2 is 1.74 bits per heavy atom. The summed E-state index contributed by atoms with van der Waals surface area (Å²) in [6, 6.07) is 9.29. The van der Waals surface area contributed by atoms with E-state index in [0.29, 0.717) is 34.5 Å². The minimum atomic E-state index is -0.803. The molecule has 3 aliphatic rings. The number of methoxy groups -OCH3 is 1. The molecule has 0 radical (unpaired) electrons. The average Bonchev–Trinajstić information content (AvgIpc) is 3.33. The summed E-state index contributed by atoms with van der Waals surface area (Å²) < 4.78 is 32.9. The van der Waals surface area contributed by atoms with E-state index in [1.807, 2.05) is 6.07 Å². The molecule has 8 heteroatoms. The smallest absolute Gasteiger partial charge is 0.231 e. The van der Waals surface area contributed by atoms with Crippen molar-refractivity contribution in [3.05, 3.63) is 35.4 Å². The molecule has 0 saturated heterocycles. The zero-order chi connectivity index (χ0) is 18.5. The van der Waals surface area contributed by atoms with E-state index in [2.05, 4.69) is 6.07 Å². The number of benzene rings is 2. The van der Waals surface area contributed by atoms with Crippen LogP contribution in [0.1, 0.15) is 17.0 Å². The number of rotatable bonds is 2. The minimum Gasteiger partial charge on any atom is -0.493 e. The Morgan fingerprint density at radius 3 is 2.52 bits per heavy atom. The van der Waals surface area contributed by atoms with Gasteiger partial charge in [0.05, 0.1) is 13.2 Å². The number of hydrogen-bond donors (Lipinski definition) is 1. The first-order valence-electron chi connectivity index (χ1n) is 8.26. The highest BCUT2D eigenvalue weighted by Gasteiger charge is 2.39. The zero-order valence-corrected chi connectivity index (χ0v) is 14.3. The fourth-order valence-electron chi connectivity index (χ4n) is 3.62. The highest BCUT2D eigenvalue weighted by Crippen LogP contribution is 2.51. The highest BCUT2D eigenvalue weighted by atomic mass is 16.7. The van der Waals surface area contributed by atoms with Gasteiger partial charge < -0.3 is 28.4 Å². The van der Waals surface area contributed by atoms with Gasteiger partial charge in [-0.15, -0.1) is 0 Å². The third-order valence-corrected chi connectivity index (χ3v) is 4.85. The van der Waals surface area contributed by atoms with Crippen LogP contribution in [0, 0.1) is 22.7 Å². The number of nitrogens with zero attached hydrogens (tertiary/aromatic N) is 1. The van der Waals surface area contributed by atoms with Gasteiger partial charge in [-0.1, -0.05) is 0 Å². The van der Waals surface area contributed by atoms with Crippen molar-refractivity contribution in [2.75, 3.05) is 20.7 Å². The maximum Gasteiger partial charge on any atom is 0.231 e. The molecule has 1 N–H and O–H groups in total. The molecule has 8 nitrogen and oxygen atoms in total. The molecular formula is C19H14N2O6. The second-order valence-corrected chi connectivity index (χ2v) is 6.25. The van der Waals surface area contributed by atoms with E-state index in [9.17, 15) is 5.26 Å². The van der Waals surface area contributed by atoms with Gasteiger partial charge in [0.1, 0.15) is 11.7 Å². The van der Waals surface area contributed by atoms with E-state index in [0.717, 1.165) is 11.1 Å². The molecule has 0 aliphatic carbocycles. The first kappa shape index (κ1) is 15.6. The van der Waals surface area contributed by atoms with Crippen LogP contribution in [0.15, 0.2) is 24.3 Å². The Labute approximate surface area is 154 Å². The Bertz CT molecular complexity index is 1010. The van der Waals surface area contributed by atoms with Crippen molar-refractivity contribution in [1.82, 2.24) is 0 Å². The van der Waals surface area contributed by atoms with Gasteiger partial charge in [0.15, 0.2) is 23.0 Å². The highest BCUT2D eigenvalue weighted by molar-refractivity contribution is 5.85. The first-order chi connectivity index (χ1) is 13.2. The molecule has 0 saturated carbocycles. The lowest BCUT2D eigenvalue weighted by Gasteiger charge is -2.30. The molecule has 0 bridgehead atoms. The van der Waals surface area contributed by atoms with E-state index >= 15 is 0 Å². The summed E-state index contributed by atoms with van der Waals surface area (Å²) in [5.41, 5.74) is 1.50. The molecule has 0 fully saturated rings. The quantitative estimate of drug-likeness (QED) is 0.872. The van der Waals surface area contributed by atoms with Crippen LogP contribution >= 0.6 is 0 Å². The third-order valence-electron chi connectivity index (χ3n) is 4.85. The molecule has 136 valence electrons. The van der Waals surface area contributed by atoms with E-state index in [4.69, 9.17) is 33.8 Å². The summed E-state index contributed by atoms with van der Waals surface area (Å²) in [5, 5.41) is 17.9. The van der Waals surface area contributed by atoms with Gasteiger partial charge in [-0.05, 0) is 23.8 Å². The van der Waals surface area contributed by atoms with Gasteiger partial charge in [0, 0.05) is 17.5 Å². The summed E-state index contributed by atoms with van der Waals surface area (Å²) in [5.74, 6) is 1.82. The van der Waals surface area contributed by atoms with Crippen LogP contribution in [0.5, 0.6) is 34.5 Å². The van der Waals surface area contributed by atoms with E-state index in [1.165, 1.54) is 0 Å². The van der Waals surface area contributed by atoms with Gasteiger partial charge in [-0.3, -0.25) is 5.41 Å². The maximum absolute atomic E-state index is 9.72. The Hall–Kier alpha value is -3.60. The van der Waals surface area contributed by atoms with Crippen molar-refractivity contribution >= 4 is 5.90 Å². The average molecular weight is 366 g/mol. The van der Waals surface area contributed by atoms with Crippen LogP contribution in [-0.2, 0) is 0 Å². The van der Waals surface area contributed by atoms with Gasteiger partial charge in [-0.25, -0.2) is 0 Å². The lowest BCUT2D eigenvalue weighted by molar-refractivity contribution is 0.171.